The van der Waals surface area contributed by atoms with Gasteiger partial charge >= 0.3 is 0 Å². The van der Waals surface area contributed by atoms with Gasteiger partial charge in [0.25, 0.3) is 0 Å². The Morgan fingerprint density at radius 2 is 2.18 bits per heavy atom. The molecule has 1 unspecified atom stereocenters. The number of carbonyl (C=O) groups excluding carboxylic acids is 1. The third-order valence-corrected chi connectivity index (χ3v) is 4.92. The molecule has 1 heterocycles. The summed E-state index contributed by atoms with van der Waals surface area (Å²) in [5.74, 6) is -0.0530. The van der Waals surface area contributed by atoms with Crippen molar-refractivity contribution in [3.05, 3.63) is 34.3 Å². The van der Waals surface area contributed by atoms with E-state index >= 15 is 0 Å². The van der Waals surface area contributed by atoms with Crippen molar-refractivity contribution in [3.63, 3.8) is 0 Å². The van der Waals surface area contributed by atoms with Crippen LogP contribution in [0.1, 0.15) is 38.2 Å². The molecule has 1 aliphatic rings. The molecule has 22 heavy (non-hydrogen) atoms. The highest BCUT2D eigenvalue weighted by Crippen LogP contribution is 2.35. The number of hydrogen-bond donors (Lipinski definition) is 2. The zero-order valence-electron chi connectivity index (χ0n) is 13.1. The number of amides is 1. The standard InChI is InChI=1S/C17H25BrN2O2/c1-2-4-15(19)16(21)20-12-17(7-9-22-10-8-17)13-5-3-6-14(18)11-13/h3,5-6,11,15H,2,4,7-10,12,19H2,1H3,(H,20,21). The van der Waals surface area contributed by atoms with Crippen LogP contribution in [0.15, 0.2) is 28.7 Å². The maximum Gasteiger partial charge on any atom is 0.236 e. The molecular formula is C17H25BrN2O2. The zero-order valence-corrected chi connectivity index (χ0v) is 14.7. The predicted octanol–water partition coefficient (Wildman–Crippen LogP) is 2.74. The average Bonchev–Trinajstić information content (AvgIpc) is 2.53. The molecule has 4 nitrogen and oxygen atoms in total. The lowest BCUT2D eigenvalue weighted by atomic mass is 9.74. The minimum atomic E-state index is -0.413. The van der Waals surface area contributed by atoms with E-state index in [2.05, 4.69) is 33.4 Å². The summed E-state index contributed by atoms with van der Waals surface area (Å²) in [6.07, 6.45) is 3.46. The van der Waals surface area contributed by atoms with E-state index in [-0.39, 0.29) is 11.3 Å². The van der Waals surface area contributed by atoms with Gasteiger partial charge in [-0.1, -0.05) is 41.4 Å². The van der Waals surface area contributed by atoms with E-state index in [0.717, 1.165) is 43.4 Å². The van der Waals surface area contributed by atoms with Crippen molar-refractivity contribution in [1.29, 1.82) is 0 Å². The predicted molar refractivity (Wildman–Crippen MR) is 91.8 cm³/mol. The molecule has 1 atom stereocenters. The van der Waals surface area contributed by atoms with E-state index in [1.54, 1.807) is 0 Å². The molecule has 1 aliphatic heterocycles. The highest BCUT2D eigenvalue weighted by atomic mass is 79.9. The molecule has 3 N–H and O–H groups in total. The Morgan fingerprint density at radius 3 is 2.82 bits per heavy atom. The maximum atomic E-state index is 12.1. The summed E-state index contributed by atoms with van der Waals surface area (Å²) < 4.78 is 6.58. The first kappa shape index (κ1) is 17.4. The van der Waals surface area contributed by atoms with Crippen LogP contribution in [0.3, 0.4) is 0 Å². The Labute approximate surface area is 140 Å². The molecule has 5 heteroatoms. The maximum absolute atomic E-state index is 12.1. The van der Waals surface area contributed by atoms with Crippen LogP contribution in [-0.4, -0.2) is 31.7 Å². The molecule has 1 fully saturated rings. The van der Waals surface area contributed by atoms with Crippen LogP contribution in [0.4, 0.5) is 0 Å². The highest BCUT2D eigenvalue weighted by Gasteiger charge is 2.35. The van der Waals surface area contributed by atoms with Crippen molar-refractivity contribution in [2.24, 2.45) is 5.73 Å². The average molecular weight is 369 g/mol. The minimum Gasteiger partial charge on any atom is -0.381 e. The number of ether oxygens (including phenoxy) is 1. The van der Waals surface area contributed by atoms with Gasteiger partial charge in [0.05, 0.1) is 6.04 Å². The monoisotopic (exact) mass is 368 g/mol. The molecule has 0 saturated carbocycles. The molecule has 1 amide bonds. The van der Waals surface area contributed by atoms with Crippen LogP contribution >= 0.6 is 15.9 Å². The van der Waals surface area contributed by atoms with Crippen LogP contribution in [-0.2, 0) is 14.9 Å². The van der Waals surface area contributed by atoms with Gasteiger partial charge in [-0.25, -0.2) is 0 Å². The van der Waals surface area contributed by atoms with E-state index < -0.39 is 6.04 Å². The summed E-state index contributed by atoms with van der Waals surface area (Å²) in [4.78, 5) is 12.1. The third kappa shape index (κ3) is 4.31. The number of carbonyl (C=O) groups is 1. The quantitative estimate of drug-likeness (QED) is 0.811. The molecule has 1 aromatic rings. The summed E-state index contributed by atoms with van der Waals surface area (Å²) in [7, 11) is 0. The van der Waals surface area contributed by atoms with Gasteiger partial charge in [0.1, 0.15) is 0 Å². The second-order valence-electron chi connectivity index (χ2n) is 6.02. The number of rotatable bonds is 6. The minimum absolute atomic E-state index is 0.0530. The summed E-state index contributed by atoms with van der Waals surface area (Å²) in [6.45, 7) is 4.10. The van der Waals surface area contributed by atoms with Crippen LogP contribution in [0.25, 0.3) is 0 Å². The molecule has 0 aromatic heterocycles. The Bertz CT molecular complexity index is 501. The van der Waals surface area contributed by atoms with Crippen molar-refractivity contribution >= 4 is 21.8 Å². The number of nitrogens with one attached hydrogen (secondary N) is 1. The Kier molecular flexibility index (Phi) is 6.41. The van der Waals surface area contributed by atoms with Gasteiger partial charge in [0, 0.05) is 29.6 Å². The Hall–Kier alpha value is -0.910. The first-order valence-electron chi connectivity index (χ1n) is 7.94. The number of nitrogens with two attached hydrogens (primary N) is 1. The van der Waals surface area contributed by atoms with Gasteiger partial charge in [0.2, 0.25) is 5.91 Å². The molecule has 2 rings (SSSR count). The molecule has 0 spiro atoms. The second kappa shape index (κ2) is 8.09. The number of halogens is 1. The molecule has 0 aliphatic carbocycles. The van der Waals surface area contributed by atoms with Crippen molar-refractivity contribution in [2.75, 3.05) is 19.8 Å². The summed E-state index contributed by atoms with van der Waals surface area (Å²) >= 11 is 3.54. The fourth-order valence-electron chi connectivity index (χ4n) is 2.98. The zero-order chi connectivity index (χ0) is 16.0. The summed E-state index contributed by atoms with van der Waals surface area (Å²) in [6, 6.07) is 7.93. The molecule has 0 radical (unpaired) electrons. The van der Waals surface area contributed by atoms with Crippen molar-refractivity contribution in [1.82, 2.24) is 5.32 Å². The largest absolute Gasteiger partial charge is 0.381 e. The topological polar surface area (TPSA) is 64.4 Å². The van der Waals surface area contributed by atoms with E-state index in [9.17, 15) is 4.79 Å². The lowest BCUT2D eigenvalue weighted by molar-refractivity contribution is -0.123. The molecule has 1 saturated heterocycles. The fraction of sp³-hybridized carbons (Fsp3) is 0.588. The van der Waals surface area contributed by atoms with E-state index in [0.29, 0.717) is 6.54 Å². The normalized spacial score (nSPS) is 18.7. The SMILES string of the molecule is CCCC(N)C(=O)NCC1(c2cccc(Br)c2)CCOCC1. The molecule has 0 bridgehead atoms. The van der Waals surface area contributed by atoms with Gasteiger partial charge in [-0.2, -0.15) is 0 Å². The third-order valence-electron chi connectivity index (χ3n) is 4.42. The van der Waals surface area contributed by atoms with Crippen LogP contribution in [0.5, 0.6) is 0 Å². The van der Waals surface area contributed by atoms with E-state index in [4.69, 9.17) is 10.5 Å². The van der Waals surface area contributed by atoms with E-state index in [1.807, 2.05) is 19.1 Å². The van der Waals surface area contributed by atoms with Gasteiger partial charge in [-0.3, -0.25) is 4.79 Å². The lowest BCUT2D eigenvalue weighted by Gasteiger charge is -2.38. The first-order valence-corrected chi connectivity index (χ1v) is 8.74. The highest BCUT2D eigenvalue weighted by molar-refractivity contribution is 9.10. The van der Waals surface area contributed by atoms with Crippen molar-refractivity contribution in [3.8, 4) is 0 Å². The smallest absolute Gasteiger partial charge is 0.236 e. The van der Waals surface area contributed by atoms with Gasteiger partial charge in [0.15, 0.2) is 0 Å². The van der Waals surface area contributed by atoms with Gasteiger partial charge in [-0.15, -0.1) is 0 Å². The van der Waals surface area contributed by atoms with Crippen LogP contribution in [0.2, 0.25) is 0 Å². The van der Waals surface area contributed by atoms with Gasteiger partial charge in [-0.05, 0) is 37.0 Å². The van der Waals surface area contributed by atoms with Crippen molar-refractivity contribution in [2.45, 2.75) is 44.1 Å². The first-order chi connectivity index (χ1) is 10.6. The number of hydrogen-bond acceptors (Lipinski definition) is 3. The Balaban J connectivity index is 2.11. The van der Waals surface area contributed by atoms with Crippen LogP contribution < -0.4 is 11.1 Å². The Morgan fingerprint density at radius 1 is 1.45 bits per heavy atom. The fourth-order valence-corrected chi connectivity index (χ4v) is 3.38. The van der Waals surface area contributed by atoms with E-state index in [1.165, 1.54) is 5.56 Å². The lowest BCUT2D eigenvalue weighted by Crippen LogP contribution is -2.48. The molecule has 122 valence electrons. The number of benzene rings is 1. The second-order valence-corrected chi connectivity index (χ2v) is 6.93. The molecule has 1 aromatic carbocycles. The summed E-state index contributed by atoms with van der Waals surface area (Å²) in [5.41, 5.74) is 7.08. The van der Waals surface area contributed by atoms with Gasteiger partial charge < -0.3 is 15.8 Å². The van der Waals surface area contributed by atoms with Crippen molar-refractivity contribution < 1.29 is 9.53 Å². The van der Waals surface area contributed by atoms with Crippen LogP contribution in [0, 0.1) is 0 Å². The summed E-state index contributed by atoms with van der Waals surface area (Å²) in [5, 5.41) is 3.06. The molecular weight excluding hydrogens is 344 g/mol.